The van der Waals surface area contributed by atoms with Gasteiger partial charge in [-0.1, -0.05) is 0 Å². The monoisotopic (exact) mass is 338 g/mol. The lowest BCUT2D eigenvalue weighted by atomic mass is 10.3. The van der Waals surface area contributed by atoms with Gasteiger partial charge in [0.25, 0.3) is 0 Å². The predicted molar refractivity (Wildman–Crippen MR) is 63.8 cm³/mol. The smallest absolute Gasteiger partial charge is 0.0964 e. The van der Waals surface area contributed by atoms with Crippen LogP contribution in [-0.2, 0) is 0 Å². The molecule has 0 unspecified atom stereocenters. The van der Waals surface area contributed by atoms with Crippen LogP contribution in [0, 0.1) is 3.57 Å². The summed E-state index contributed by atoms with van der Waals surface area (Å²) in [5.74, 6) is 0.577. The molecule has 0 heterocycles. The second-order valence-corrected chi connectivity index (χ2v) is 4.37. The molecule has 0 aliphatic rings. The minimum atomic E-state index is 0.577. The molecule has 0 aliphatic carbocycles. The Bertz CT molecular complexity index is 319. The highest BCUT2D eigenvalue weighted by atomic mass is 127. The molecule has 0 aromatic heterocycles. The summed E-state index contributed by atoms with van der Waals surface area (Å²) in [6.45, 7) is 1.77. The topological polar surface area (TPSA) is 38.4 Å². The third-order valence-corrected chi connectivity index (χ3v) is 3.53. The standard InChI is InChI=1S/C8H8BrIN2/c1-5(11)12-6-2-3-7(9)8(10)4-6/h2-4H,1H3,(H2,11,12). The maximum Gasteiger partial charge on any atom is 0.0964 e. The van der Waals surface area contributed by atoms with Gasteiger partial charge in [-0.25, -0.2) is 4.99 Å². The van der Waals surface area contributed by atoms with Crippen LogP contribution >= 0.6 is 38.5 Å². The fourth-order valence-corrected chi connectivity index (χ4v) is 1.50. The summed E-state index contributed by atoms with van der Waals surface area (Å²) in [6, 6.07) is 5.85. The number of amidine groups is 1. The van der Waals surface area contributed by atoms with Gasteiger partial charge in [0, 0.05) is 8.04 Å². The Balaban J connectivity index is 3.05. The highest BCUT2D eigenvalue weighted by Crippen LogP contribution is 2.23. The minimum absolute atomic E-state index is 0.577. The van der Waals surface area contributed by atoms with Gasteiger partial charge in [0.05, 0.1) is 11.5 Å². The Labute approximate surface area is 93.5 Å². The molecule has 0 atom stereocenters. The number of rotatable bonds is 1. The third kappa shape index (κ3) is 2.75. The van der Waals surface area contributed by atoms with E-state index in [1.54, 1.807) is 6.92 Å². The molecule has 1 aromatic rings. The van der Waals surface area contributed by atoms with E-state index in [0.29, 0.717) is 5.84 Å². The van der Waals surface area contributed by atoms with E-state index in [-0.39, 0.29) is 0 Å². The highest BCUT2D eigenvalue weighted by Gasteiger charge is 1.96. The zero-order valence-electron chi connectivity index (χ0n) is 6.51. The number of benzene rings is 1. The van der Waals surface area contributed by atoms with Gasteiger partial charge in [-0.2, -0.15) is 0 Å². The summed E-state index contributed by atoms with van der Waals surface area (Å²) in [7, 11) is 0. The largest absolute Gasteiger partial charge is 0.387 e. The van der Waals surface area contributed by atoms with Crippen LogP contribution in [-0.4, -0.2) is 5.84 Å². The van der Waals surface area contributed by atoms with E-state index < -0.39 is 0 Å². The molecule has 2 N–H and O–H groups in total. The van der Waals surface area contributed by atoms with Crippen molar-refractivity contribution < 1.29 is 0 Å². The van der Waals surface area contributed by atoms with Crippen molar-refractivity contribution in [2.45, 2.75) is 6.92 Å². The zero-order chi connectivity index (χ0) is 9.14. The number of halogens is 2. The van der Waals surface area contributed by atoms with Crippen LogP contribution in [0.3, 0.4) is 0 Å². The van der Waals surface area contributed by atoms with Gasteiger partial charge in [-0.3, -0.25) is 0 Å². The Morgan fingerprint density at radius 2 is 2.25 bits per heavy atom. The Hall–Kier alpha value is -0.100. The van der Waals surface area contributed by atoms with Gasteiger partial charge in [-0.15, -0.1) is 0 Å². The van der Waals surface area contributed by atoms with E-state index in [0.717, 1.165) is 13.7 Å². The maximum atomic E-state index is 5.45. The highest BCUT2D eigenvalue weighted by molar-refractivity contribution is 14.1. The molecule has 0 amide bonds. The number of nitrogens with two attached hydrogens (primary N) is 1. The lowest BCUT2D eigenvalue weighted by molar-refractivity contribution is 1.43. The average Bonchev–Trinajstić information content (AvgIpc) is 1.96. The lowest BCUT2D eigenvalue weighted by Gasteiger charge is -1.98. The minimum Gasteiger partial charge on any atom is -0.387 e. The van der Waals surface area contributed by atoms with Crippen molar-refractivity contribution in [3.8, 4) is 0 Å². The summed E-state index contributed by atoms with van der Waals surface area (Å²) >= 11 is 5.65. The number of aliphatic imine (C=N–C) groups is 1. The average molecular weight is 339 g/mol. The second kappa shape index (κ2) is 4.23. The van der Waals surface area contributed by atoms with Crippen LogP contribution in [0.4, 0.5) is 5.69 Å². The van der Waals surface area contributed by atoms with E-state index in [2.05, 4.69) is 43.5 Å². The number of hydrogen-bond donors (Lipinski definition) is 1. The predicted octanol–water partition coefficient (Wildman–Crippen LogP) is 3.06. The summed E-state index contributed by atoms with van der Waals surface area (Å²) in [5.41, 5.74) is 6.34. The molecule has 0 aliphatic heterocycles. The van der Waals surface area contributed by atoms with Crippen molar-refractivity contribution in [2.75, 3.05) is 0 Å². The Morgan fingerprint density at radius 1 is 1.58 bits per heavy atom. The van der Waals surface area contributed by atoms with Crippen molar-refractivity contribution in [3.05, 3.63) is 26.2 Å². The van der Waals surface area contributed by atoms with E-state index in [9.17, 15) is 0 Å². The van der Waals surface area contributed by atoms with E-state index >= 15 is 0 Å². The molecule has 64 valence electrons. The van der Waals surface area contributed by atoms with Crippen molar-refractivity contribution in [1.82, 2.24) is 0 Å². The molecular formula is C8H8BrIN2. The second-order valence-electron chi connectivity index (χ2n) is 2.35. The third-order valence-electron chi connectivity index (χ3n) is 1.21. The van der Waals surface area contributed by atoms with Crippen molar-refractivity contribution in [3.63, 3.8) is 0 Å². The molecular weight excluding hydrogens is 331 g/mol. The first-order chi connectivity index (χ1) is 5.59. The summed E-state index contributed by atoms with van der Waals surface area (Å²) in [6.07, 6.45) is 0. The van der Waals surface area contributed by atoms with Crippen LogP contribution in [0.1, 0.15) is 6.92 Å². The molecule has 0 saturated carbocycles. The van der Waals surface area contributed by atoms with Gasteiger partial charge in [-0.05, 0) is 63.6 Å². The molecule has 2 nitrogen and oxygen atoms in total. The van der Waals surface area contributed by atoms with E-state index in [1.165, 1.54) is 0 Å². The molecule has 1 aromatic carbocycles. The first-order valence-electron chi connectivity index (χ1n) is 3.35. The van der Waals surface area contributed by atoms with E-state index in [4.69, 9.17) is 5.73 Å². The molecule has 1 rings (SSSR count). The molecule has 0 spiro atoms. The van der Waals surface area contributed by atoms with Gasteiger partial charge >= 0.3 is 0 Å². The van der Waals surface area contributed by atoms with Crippen LogP contribution < -0.4 is 5.73 Å². The summed E-state index contributed by atoms with van der Waals surface area (Å²) in [4.78, 5) is 4.13. The lowest BCUT2D eigenvalue weighted by Crippen LogP contribution is -2.03. The molecule has 0 bridgehead atoms. The van der Waals surface area contributed by atoms with Crippen LogP contribution in [0.2, 0.25) is 0 Å². The van der Waals surface area contributed by atoms with Crippen LogP contribution in [0.5, 0.6) is 0 Å². The molecule has 0 fully saturated rings. The number of nitrogens with zero attached hydrogens (tertiary/aromatic N) is 1. The fraction of sp³-hybridized carbons (Fsp3) is 0.125. The fourth-order valence-electron chi connectivity index (χ4n) is 0.758. The number of hydrogen-bond acceptors (Lipinski definition) is 1. The van der Waals surface area contributed by atoms with Gasteiger partial charge in [0.2, 0.25) is 0 Å². The summed E-state index contributed by atoms with van der Waals surface area (Å²) in [5, 5.41) is 0. The van der Waals surface area contributed by atoms with Crippen molar-refractivity contribution in [2.24, 2.45) is 10.7 Å². The van der Waals surface area contributed by atoms with Gasteiger partial charge in [0.1, 0.15) is 0 Å². The van der Waals surface area contributed by atoms with Crippen LogP contribution in [0.25, 0.3) is 0 Å². The first kappa shape index (κ1) is 9.98. The quantitative estimate of drug-likeness (QED) is 0.477. The molecule has 0 saturated heterocycles. The zero-order valence-corrected chi connectivity index (χ0v) is 10.3. The normalized spacial score (nSPS) is 11.8. The Kier molecular flexibility index (Phi) is 3.52. The summed E-state index contributed by atoms with van der Waals surface area (Å²) < 4.78 is 2.21. The van der Waals surface area contributed by atoms with Gasteiger partial charge < -0.3 is 5.73 Å². The molecule has 4 heteroatoms. The van der Waals surface area contributed by atoms with Gasteiger partial charge in [0.15, 0.2) is 0 Å². The van der Waals surface area contributed by atoms with E-state index in [1.807, 2.05) is 18.2 Å². The first-order valence-corrected chi connectivity index (χ1v) is 5.22. The van der Waals surface area contributed by atoms with Crippen molar-refractivity contribution in [1.29, 1.82) is 0 Å². The maximum absolute atomic E-state index is 5.45. The molecule has 12 heavy (non-hydrogen) atoms. The van der Waals surface area contributed by atoms with Crippen molar-refractivity contribution >= 4 is 50.0 Å². The Morgan fingerprint density at radius 3 is 2.75 bits per heavy atom. The SMILES string of the molecule is CC(N)=Nc1ccc(Br)c(I)c1. The molecule has 0 radical (unpaired) electrons. The van der Waals surface area contributed by atoms with Crippen LogP contribution in [0.15, 0.2) is 27.7 Å².